The van der Waals surface area contributed by atoms with Gasteiger partial charge in [0.05, 0.1) is 0 Å². The molecule has 0 saturated heterocycles. The summed E-state index contributed by atoms with van der Waals surface area (Å²) < 4.78 is 85.2. The average molecular weight is 214 g/mol. The summed E-state index contributed by atoms with van der Waals surface area (Å²) in [5.74, 6) is 0. The summed E-state index contributed by atoms with van der Waals surface area (Å²) in [5, 5.41) is 0. The Morgan fingerprint density at radius 3 is 0.500 bits per heavy atom. The SMILES string of the molecule is FP(F)(F)(F)P(F)(F)(F)F. The Morgan fingerprint density at radius 2 is 0.500 bits per heavy atom. The first-order valence-corrected chi connectivity index (χ1v) is 5.86. The summed E-state index contributed by atoms with van der Waals surface area (Å²) in [6.45, 7) is 0. The van der Waals surface area contributed by atoms with Gasteiger partial charge in [-0.1, -0.05) is 0 Å². The number of hydrogen-bond donors (Lipinski definition) is 0. The van der Waals surface area contributed by atoms with Crippen LogP contribution in [-0.4, -0.2) is 0 Å². The van der Waals surface area contributed by atoms with E-state index in [1.807, 2.05) is 0 Å². The molecule has 0 nitrogen and oxygen atoms in total. The number of rotatable bonds is 1. The van der Waals surface area contributed by atoms with Crippen molar-refractivity contribution in [2.24, 2.45) is 0 Å². The molecule has 66 valence electrons. The van der Waals surface area contributed by atoms with Crippen molar-refractivity contribution >= 4 is 15.1 Å². The minimum absolute atomic E-state index is 9.98. The van der Waals surface area contributed by atoms with Gasteiger partial charge < -0.3 is 0 Å². The Labute approximate surface area is 49.9 Å². The molecule has 0 spiro atoms. The maximum absolute atomic E-state index is 10.7. The van der Waals surface area contributed by atoms with E-state index in [0.717, 1.165) is 0 Å². The topological polar surface area (TPSA) is 0 Å². The molecule has 0 aliphatic carbocycles. The van der Waals surface area contributed by atoms with E-state index < -0.39 is 15.1 Å². The van der Waals surface area contributed by atoms with Crippen molar-refractivity contribution in [1.82, 2.24) is 0 Å². The van der Waals surface area contributed by atoms with Gasteiger partial charge in [-0.25, -0.2) is 0 Å². The Balaban J connectivity index is 5.05. The number of hydrogen-bond acceptors (Lipinski definition) is 0. The third-order valence-corrected chi connectivity index (χ3v) is 4.11. The zero-order valence-corrected chi connectivity index (χ0v) is 5.71. The van der Waals surface area contributed by atoms with Crippen LogP contribution in [0.15, 0.2) is 0 Å². The molecule has 0 atom stereocenters. The van der Waals surface area contributed by atoms with Gasteiger partial charge in [-0.05, 0) is 0 Å². The van der Waals surface area contributed by atoms with Gasteiger partial charge in [-0.3, -0.25) is 0 Å². The van der Waals surface area contributed by atoms with Crippen LogP contribution in [0.25, 0.3) is 0 Å². The molecule has 0 unspecified atom stereocenters. The summed E-state index contributed by atoms with van der Waals surface area (Å²) in [7, 11) is -20.0. The standard InChI is InChI=1S/F8P2/c1-9(2,3,4)10(5,6,7)8. The van der Waals surface area contributed by atoms with E-state index >= 15 is 0 Å². The normalized spacial score (nSPS) is 22.4. The zero-order chi connectivity index (χ0) is 8.89. The number of halogens is 8. The van der Waals surface area contributed by atoms with Gasteiger partial charge in [0.25, 0.3) is 0 Å². The van der Waals surface area contributed by atoms with E-state index in [4.69, 9.17) is 0 Å². The molecule has 0 aromatic heterocycles. The summed E-state index contributed by atoms with van der Waals surface area (Å²) in [6, 6.07) is 0. The van der Waals surface area contributed by atoms with Crippen LogP contribution >= 0.6 is 15.1 Å². The van der Waals surface area contributed by atoms with E-state index in [0.29, 0.717) is 0 Å². The van der Waals surface area contributed by atoms with Gasteiger partial charge in [0.2, 0.25) is 0 Å². The van der Waals surface area contributed by atoms with Gasteiger partial charge in [-0.2, -0.15) is 0 Å². The van der Waals surface area contributed by atoms with E-state index in [9.17, 15) is 33.6 Å². The van der Waals surface area contributed by atoms with Crippen LogP contribution < -0.4 is 0 Å². The molecule has 0 aromatic rings. The average Bonchev–Trinajstić information content (AvgIpc) is 1.14. The Kier molecular flexibility index (Phi) is 1.60. The summed E-state index contributed by atoms with van der Waals surface area (Å²) in [6.07, 6.45) is 0. The molecule has 0 aromatic carbocycles. The molecule has 10 heavy (non-hydrogen) atoms. The molecule has 0 radical (unpaired) electrons. The van der Waals surface area contributed by atoms with Crippen molar-refractivity contribution in [2.75, 3.05) is 0 Å². The molecule has 0 fully saturated rings. The van der Waals surface area contributed by atoms with Crippen LogP contribution in [0.2, 0.25) is 0 Å². The Hall–Kier alpha value is 0.300. The van der Waals surface area contributed by atoms with Gasteiger partial charge in [0.1, 0.15) is 0 Å². The van der Waals surface area contributed by atoms with Crippen LogP contribution in [0.1, 0.15) is 0 Å². The van der Waals surface area contributed by atoms with E-state index in [1.165, 1.54) is 0 Å². The van der Waals surface area contributed by atoms with Crippen LogP contribution in [-0.2, 0) is 0 Å². The molecule has 0 aliphatic heterocycles. The van der Waals surface area contributed by atoms with Crippen LogP contribution in [0, 0.1) is 0 Å². The fourth-order valence-electron chi connectivity index (χ4n) is 0. The minimum atomic E-state index is -9.98. The van der Waals surface area contributed by atoms with Gasteiger partial charge in [0, 0.05) is 0 Å². The molecule has 0 heterocycles. The van der Waals surface area contributed by atoms with Crippen LogP contribution in [0.5, 0.6) is 0 Å². The molecule has 0 amide bonds. The molecule has 0 N–H and O–H groups in total. The van der Waals surface area contributed by atoms with Crippen LogP contribution in [0.3, 0.4) is 0 Å². The quantitative estimate of drug-likeness (QED) is 0.421. The second-order valence-corrected chi connectivity index (χ2v) is 7.74. The first kappa shape index (κ1) is 10.3. The predicted octanol–water partition coefficient (Wildman–Crippen LogP) is 5.08. The van der Waals surface area contributed by atoms with Gasteiger partial charge in [-0.15, -0.1) is 0 Å². The van der Waals surface area contributed by atoms with E-state index in [2.05, 4.69) is 0 Å². The fourth-order valence-corrected chi connectivity index (χ4v) is 0. The van der Waals surface area contributed by atoms with Crippen molar-refractivity contribution in [3.63, 3.8) is 0 Å². The monoisotopic (exact) mass is 214 g/mol. The van der Waals surface area contributed by atoms with Crippen molar-refractivity contribution in [1.29, 1.82) is 0 Å². The molecule has 0 bridgehead atoms. The summed E-state index contributed by atoms with van der Waals surface area (Å²) in [5.41, 5.74) is 0. The molecular weight excluding hydrogens is 214 g/mol. The molecule has 10 heteroatoms. The summed E-state index contributed by atoms with van der Waals surface area (Å²) >= 11 is 0. The zero-order valence-electron chi connectivity index (χ0n) is 3.92. The van der Waals surface area contributed by atoms with E-state index in [1.54, 1.807) is 0 Å². The van der Waals surface area contributed by atoms with Crippen molar-refractivity contribution in [2.45, 2.75) is 0 Å². The first-order chi connectivity index (χ1) is 3.78. The van der Waals surface area contributed by atoms with Crippen molar-refractivity contribution in [3.8, 4) is 0 Å². The third-order valence-electron chi connectivity index (χ3n) is 0.457. The Bertz CT molecular complexity index is 113. The molecule has 0 rings (SSSR count). The van der Waals surface area contributed by atoms with Crippen molar-refractivity contribution in [3.05, 3.63) is 0 Å². The predicted molar refractivity (Wildman–Crippen MR) is 22.7 cm³/mol. The van der Waals surface area contributed by atoms with Crippen LogP contribution in [0.4, 0.5) is 33.6 Å². The van der Waals surface area contributed by atoms with E-state index in [-0.39, 0.29) is 0 Å². The van der Waals surface area contributed by atoms with Gasteiger partial charge >= 0.3 is 48.6 Å². The molecule has 0 aliphatic rings. The Morgan fingerprint density at radius 1 is 0.400 bits per heavy atom. The molecule has 0 saturated carbocycles. The summed E-state index contributed by atoms with van der Waals surface area (Å²) in [4.78, 5) is 0. The third kappa shape index (κ3) is 1.66. The van der Waals surface area contributed by atoms with Gasteiger partial charge in [0.15, 0.2) is 0 Å². The van der Waals surface area contributed by atoms with Crippen molar-refractivity contribution < 1.29 is 33.6 Å². The fraction of sp³-hybridized carbons (Fsp3) is 0. The maximum atomic E-state index is 10.7. The molecular formula is F8P2. The second-order valence-electron chi connectivity index (χ2n) is 1.37. The first-order valence-electron chi connectivity index (χ1n) is 1.55. The second kappa shape index (κ2) is 1.55.